The Hall–Kier alpha value is -3.64. The second kappa shape index (κ2) is 13.0. The predicted octanol–water partition coefficient (Wildman–Crippen LogP) is 6.14. The maximum atomic E-state index is 15.1. The van der Waals surface area contributed by atoms with E-state index in [1.165, 1.54) is 25.1 Å². The van der Waals surface area contributed by atoms with E-state index in [1.807, 2.05) is 11.6 Å². The van der Waals surface area contributed by atoms with Crippen molar-refractivity contribution in [2.75, 3.05) is 11.2 Å². The molecule has 0 aromatic heterocycles. The number of fused-ring (bicyclic) bond motifs is 2. The lowest BCUT2D eigenvalue weighted by Crippen LogP contribution is -2.59. The van der Waals surface area contributed by atoms with Crippen LogP contribution in [0.1, 0.15) is 74.2 Å². The van der Waals surface area contributed by atoms with Crippen LogP contribution in [0.3, 0.4) is 0 Å². The van der Waals surface area contributed by atoms with Crippen molar-refractivity contribution in [3.8, 4) is 5.75 Å². The summed E-state index contributed by atoms with van der Waals surface area (Å²) in [4.78, 5) is 56.6. The normalized spacial score (nSPS) is 20.8. The molecule has 48 heavy (non-hydrogen) atoms. The monoisotopic (exact) mass is 733 g/mol. The lowest BCUT2D eigenvalue weighted by Gasteiger charge is -2.47. The van der Waals surface area contributed by atoms with Gasteiger partial charge in [-0.3, -0.25) is 19.2 Å². The number of carbonyl (C=O) groups excluding carboxylic acids is 4. The van der Waals surface area contributed by atoms with Crippen LogP contribution in [-0.4, -0.2) is 43.9 Å². The average Bonchev–Trinajstić information content (AvgIpc) is 3.25. The summed E-state index contributed by atoms with van der Waals surface area (Å²) in [6.07, 6.45) is 0.776. The zero-order valence-electron chi connectivity index (χ0n) is 26.8. The van der Waals surface area contributed by atoms with Crippen LogP contribution in [0.2, 0.25) is 15.1 Å². The highest BCUT2D eigenvalue weighted by Crippen LogP contribution is 2.61. The summed E-state index contributed by atoms with van der Waals surface area (Å²) in [6.45, 7) is 6.45. The Bertz CT molecular complexity index is 1960. The Morgan fingerprint density at radius 2 is 1.56 bits per heavy atom. The summed E-state index contributed by atoms with van der Waals surface area (Å²) in [5, 5.41) is 3.94. The molecule has 2 aliphatic rings. The third kappa shape index (κ3) is 6.06. The molecule has 1 spiro atoms. The molecular formula is C34H34Cl3N3O7S. The summed E-state index contributed by atoms with van der Waals surface area (Å²) in [5.74, 6) is -3.37. The first-order valence-electron chi connectivity index (χ1n) is 15.2. The van der Waals surface area contributed by atoms with Gasteiger partial charge in [-0.05, 0) is 78.9 Å². The molecule has 10 nitrogen and oxygen atoms in total. The minimum atomic E-state index is -3.94. The smallest absolute Gasteiger partial charge is 0.277 e. The zero-order chi connectivity index (χ0) is 35.3. The van der Waals surface area contributed by atoms with E-state index in [9.17, 15) is 22.8 Å². The molecule has 14 heteroatoms. The van der Waals surface area contributed by atoms with Crippen LogP contribution < -0.4 is 19.7 Å². The lowest BCUT2D eigenvalue weighted by atomic mass is 9.58. The molecule has 0 bridgehead atoms. The molecule has 3 aromatic rings. The number of nitrogens with one attached hydrogen (secondary N) is 2. The van der Waals surface area contributed by atoms with Crippen molar-refractivity contribution >= 4 is 74.1 Å². The van der Waals surface area contributed by atoms with Gasteiger partial charge in [0.2, 0.25) is 27.7 Å². The molecule has 1 saturated heterocycles. The van der Waals surface area contributed by atoms with E-state index >= 15 is 4.79 Å². The van der Waals surface area contributed by atoms with E-state index in [0.717, 1.165) is 16.7 Å². The molecule has 5 rings (SSSR count). The van der Waals surface area contributed by atoms with E-state index in [2.05, 4.69) is 5.32 Å². The fourth-order valence-corrected chi connectivity index (χ4v) is 8.03. The number of halogens is 3. The van der Waals surface area contributed by atoms with Crippen LogP contribution in [0.4, 0.5) is 5.69 Å². The highest BCUT2D eigenvalue weighted by molar-refractivity contribution is 7.89. The van der Waals surface area contributed by atoms with Gasteiger partial charge < -0.3 is 10.1 Å². The van der Waals surface area contributed by atoms with Gasteiger partial charge in [0.15, 0.2) is 5.60 Å². The number of benzene rings is 3. The summed E-state index contributed by atoms with van der Waals surface area (Å²) < 4.78 is 32.7. The summed E-state index contributed by atoms with van der Waals surface area (Å²) in [6, 6.07) is 13.5. The van der Waals surface area contributed by atoms with Crippen molar-refractivity contribution in [1.82, 2.24) is 10.0 Å². The Balaban J connectivity index is 1.84. The van der Waals surface area contributed by atoms with E-state index in [-0.39, 0.29) is 40.7 Å². The van der Waals surface area contributed by atoms with E-state index < -0.39 is 56.6 Å². The van der Waals surface area contributed by atoms with Crippen LogP contribution in [0.15, 0.2) is 54.6 Å². The molecule has 2 aliphatic heterocycles. The number of hydrogen-bond donors (Lipinski definition) is 2. The molecule has 3 atom stereocenters. The molecular weight excluding hydrogens is 701 g/mol. The highest BCUT2D eigenvalue weighted by Gasteiger charge is 2.64. The molecule has 2 heterocycles. The number of amides is 4. The second-order valence-corrected chi connectivity index (χ2v) is 15.2. The minimum absolute atomic E-state index is 0.0753. The number of anilines is 1. The average molecular weight is 735 g/mol. The van der Waals surface area contributed by atoms with Crippen LogP contribution in [-0.2, 0) is 34.6 Å². The fraction of sp³-hybridized carbons (Fsp3) is 0.353. The number of rotatable bonds is 8. The third-order valence-electron chi connectivity index (χ3n) is 9.26. The predicted molar refractivity (Wildman–Crippen MR) is 184 cm³/mol. The summed E-state index contributed by atoms with van der Waals surface area (Å²) in [5.41, 5.74) is -1.05. The van der Waals surface area contributed by atoms with E-state index in [0.29, 0.717) is 21.7 Å². The first-order chi connectivity index (χ1) is 22.5. The van der Waals surface area contributed by atoms with Gasteiger partial charge in [0.05, 0.1) is 18.0 Å². The first kappa shape index (κ1) is 35.7. The molecule has 1 fully saturated rings. The fourth-order valence-electron chi connectivity index (χ4n) is 6.98. The van der Waals surface area contributed by atoms with Crippen molar-refractivity contribution in [3.05, 3.63) is 91.9 Å². The lowest BCUT2D eigenvalue weighted by molar-refractivity contribution is -0.137. The molecule has 254 valence electrons. The number of hydrogen-bond acceptors (Lipinski definition) is 7. The second-order valence-electron chi connectivity index (χ2n) is 12.1. The first-order valence-corrected chi connectivity index (χ1v) is 18.2. The van der Waals surface area contributed by atoms with E-state index in [4.69, 9.17) is 39.5 Å². The summed E-state index contributed by atoms with van der Waals surface area (Å²) >= 11 is 19.5. The van der Waals surface area contributed by atoms with Gasteiger partial charge >= 0.3 is 0 Å². The van der Waals surface area contributed by atoms with Gasteiger partial charge in [-0.2, -0.15) is 0 Å². The van der Waals surface area contributed by atoms with Gasteiger partial charge in [0.25, 0.3) is 5.91 Å². The number of nitrogens with zero attached hydrogens (tertiary/aromatic N) is 1. The largest absolute Gasteiger partial charge is 0.477 e. The molecule has 0 aliphatic carbocycles. The molecule has 0 radical (unpaired) electrons. The van der Waals surface area contributed by atoms with Crippen LogP contribution >= 0.6 is 34.8 Å². The number of aryl methyl sites for hydroxylation is 1. The number of piperidine rings is 1. The van der Waals surface area contributed by atoms with Gasteiger partial charge in [-0.1, -0.05) is 60.8 Å². The third-order valence-corrected chi connectivity index (χ3v) is 10.5. The number of sulfonamides is 1. The van der Waals surface area contributed by atoms with Crippen LogP contribution in [0.5, 0.6) is 5.75 Å². The molecule has 3 aromatic carbocycles. The number of carbonyl (C=O) groups is 4. The Morgan fingerprint density at radius 3 is 2.17 bits per heavy atom. The molecule has 2 N–H and O–H groups in total. The van der Waals surface area contributed by atoms with Crippen molar-refractivity contribution in [2.24, 2.45) is 0 Å². The Morgan fingerprint density at radius 1 is 0.979 bits per heavy atom. The van der Waals surface area contributed by atoms with Gasteiger partial charge in [0.1, 0.15) is 11.2 Å². The van der Waals surface area contributed by atoms with E-state index in [1.54, 1.807) is 50.2 Å². The Labute approximate surface area is 294 Å². The van der Waals surface area contributed by atoms with Crippen LogP contribution in [0, 0.1) is 6.92 Å². The van der Waals surface area contributed by atoms with Gasteiger partial charge in [-0.15, -0.1) is 0 Å². The highest BCUT2D eigenvalue weighted by atomic mass is 35.5. The van der Waals surface area contributed by atoms with Crippen molar-refractivity contribution in [2.45, 2.75) is 69.9 Å². The van der Waals surface area contributed by atoms with Crippen molar-refractivity contribution in [3.63, 3.8) is 0 Å². The van der Waals surface area contributed by atoms with Crippen LogP contribution in [0.25, 0.3) is 0 Å². The quantitative estimate of drug-likeness (QED) is 0.283. The number of imide groups is 1. The standard InChI is InChI=1S/C34H34Cl3N3O7S/c1-6-33(7-2,31(43)39-48(5,45)46)47-28-13-11-21(36)15-24(28)26-17-29(42)38-30(23-14-20(35)9-8-18(23)3)34(26)25-12-10-22(37)16-27(25)40(19(4)41)32(34)44/h8-16,26,30H,6-7,17H2,1-5H3,(H,38,42)(H,39,43)/t26-,30+,34-/m0/s1. The van der Waals surface area contributed by atoms with Crippen molar-refractivity contribution in [1.29, 1.82) is 0 Å². The van der Waals surface area contributed by atoms with Gasteiger partial charge in [-0.25, -0.2) is 18.0 Å². The summed E-state index contributed by atoms with van der Waals surface area (Å²) in [7, 11) is -3.94. The molecule has 4 amide bonds. The SMILES string of the molecule is CCC(CC)(Oc1ccc(Cl)cc1[C@@H]1CC(=O)N[C@H](c2cc(Cl)ccc2C)[C@@]12C(=O)N(C(C)=O)c1cc(Cl)ccc12)C(=O)NS(C)(=O)=O. The topological polar surface area (TPSA) is 139 Å². The molecule has 0 saturated carbocycles. The van der Waals surface area contributed by atoms with Gasteiger partial charge in [0, 0.05) is 39.9 Å². The number of ether oxygens (including phenoxy) is 1. The minimum Gasteiger partial charge on any atom is -0.477 e. The maximum absolute atomic E-state index is 15.1. The maximum Gasteiger partial charge on any atom is 0.277 e. The zero-order valence-corrected chi connectivity index (χ0v) is 29.9. The van der Waals surface area contributed by atoms with Crippen molar-refractivity contribution < 1.29 is 32.3 Å². The molecule has 0 unspecified atom stereocenters. The Kier molecular flexibility index (Phi) is 9.66.